The van der Waals surface area contributed by atoms with Crippen LogP contribution in [-0.4, -0.2) is 19.3 Å². The number of hydrogen-bond donors (Lipinski definition) is 1. The molecule has 0 radical (unpaired) electrons. The molecule has 1 aromatic carbocycles. The number of anilines is 1. The van der Waals surface area contributed by atoms with E-state index in [2.05, 4.69) is 19.2 Å². The summed E-state index contributed by atoms with van der Waals surface area (Å²) >= 11 is 0. The second kappa shape index (κ2) is 8.68. The van der Waals surface area contributed by atoms with E-state index in [9.17, 15) is 0 Å². The number of hydrogen-bond acceptors (Lipinski definition) is 3. The number of unbranched alkanes of at least 4 members (excludes halogenated alkanes) is 1. The number of ether oxygens (including phenoxy) is 2. The minimum atomic E-state index is 0.441. The first-order valence-corrected chi connectivity index (χ1v) is 7.37. The molecule has 0 bridgehead atoms. The summed E-state index contributed by atoms with van der Waals surface area (Å²) in [7, 11) is 0. The van der Waals surface area contributed by atoms with E-state index < -0.39 is 0 Å². The first kappa shape index (κ1) is 15.7. The van der Waals surface area contributed by atoms with E-state index in [1.807, 2.05) is 32.0 Å². The van der Waals surface area contributed by atoms with Gasteiger partial charge in [0.2, 0.25) is 0 Å². The zero-order chi connectivity index (χ0) is 14.1. The van der Waals surface area contributed by atoms with E-state index in [1.54, 1.807) is 0 Å². The Morgan fingerprint density at radius 1 is 1.11 bits per heavy atom. The maximum atomic E-state index is 5.66. The highest BCUT2D eigenvalue weighted by Crippen LogP contribution is 2.30. The van der Waals surface area contributed by atoms with Crippen molar-refractivity contribution in [2.24, 2.45) is 0 Å². The molecule has 0 saturated heterocycles. The summed E-state index contributed by atoms with van der Waals surface area (Å²) in [5.41, 5.74) is 1.02. The average Bonchev–Trinajstić information content (AvgIpc) is 2.40. The molecule has 0 heterocycles. The van der Waals surface area contributed by atoms with Crippen LogP contribution in [0.3, 0.4) is 0 Å². The first-order valence-electron chi connectivity index (χ1n) is 7.37. The summed E-state index contributed by atoms with van der Waals surface area (Å²) in [4.78, 5) is 0. The molecule has 0 aliphatic rings. The fraction of sp³-hybridized carbons (Fsp3) is 0.625. The van der Waals surface area contributed by atoms with Crippen molar-refractivity contribution in [1.82, 2.24) is 0 Å². The fourth-order valence-electron chi connectivity index (χ4n) is 2.01. The van der Waals surface area contributed by atoms with Crippen molar-refractivity contribution in [1.29, 1.82) is 0 Å². The van der Waals surface area contributed by atoms with Gasteiger partial charge >= 0.3 is 0 Å². The van der Waals surface area contributed by atoms with Crippen molar-refractivity contribution in [3.05, 3.63) is 18.2 Å². The zero-order valence-corrected chi connectivity index (χ0v) is 12.7. The maximum absolute atomic E-state index is 5.66. The number of nitrogens with one attached hydrogen (secondary N) is 1. The van der Waals surface area contributed by atoms with Crippen molar-refractivity contribution in [2.75, 3.05) is 18.5 Å². The maximum Gasteiger partial charge on any atom is 0.142 e. The molecule has 0 aliphatic heterocycles. The molecule has 1 atom stereocenters. The molecule has 1 N–H and O–H groups in total. The molecule has 0 saturated carbocycles. The third-order valence-electron chi connectivity index (χ3n) is 2.95. The van der Waals surface area contributed by atoms with Crippen molar-refractivity contribution in [3.8, 4) is 11.5 Å². The fourth-order valence-corrected chi connectivity index (χ4v) is 2.01. The van der Waals surface area contributed by atoms with Crippen molar-refractivity contribution in [2.45, 2.75) is 53.0 Å². The van der Waals surface area contributed by atoms with Gasteiger partial charge in [-0.25, -0.2) is 0 Å². The Hall–Kier alpha value is -1.38. The Morgan fingerprint density at radius 3 is 2.47 bits per heavy atom. The van der Waals surface area contributed by atoms with E-state index in [0.29, 0.717) is 19.3 Å². The summed E-state index contributed by atoms with van der Waals surface area (Å²) in [5, 5.41) is 3.52. The summed E-state index contributed by atoms with van der Waals surface area (Å²) in [5.74, 6) is 1.78. The van der Waals surface area contributed by atoms with E-state index in [-0.39, 0.29) is 0 Å². The van der Waals surface area contributed by atoms with E-state index in [1.165, 1.54) is 19.3 Å². The monoisotopic (exact) mass is 265 g/mol. The van der Waals surface area contributed by atoms with Gasteiger partial charge in [0.1, 0.15) is 11.5 Å². The number of rotatable bonds is 9. The summed E-state index contributed by atoms with van der Waals surface area (Å²) in [6, 6.07) is 6.40. The van der Waals surface area contributed by atoms with Gasteiger partial charge < -0.3 is 14.8 Å². The molecule has 3 nitrogen and oxygen atoms in total. The van der Waals surface area contributed by atoms with Crippen LogP contribution in [0.1, 0.15) is 47.0 Å². The average molecular weight is 265 g/mol. The predicted octanol–water partition coefficient (Wildman–Crippen LogP) is 4.47. The molecule has 0 aromatic heterocycles. The summed E-state index contributed by atoms with van der Waals surface area (Å²) in [6.07, 6.45) is 3.63. The molecule has 19 heavy (non-hydrogen) atoms. The van der Waals surface area contributed by atoms with Crippen LogP contribution in [0.15, 0.2) is 18.2 Å². The Balaban J connectivity index is 2.77. The zero-order valence-electron chi connectivity index (χ0n) is 12.7. The van der Waals surface area contributed by atoms with Crippen LogP contribution in [0.25, 0.3) is 0 Å². The van der Waals surface area contributed by atoms with Crippen LogP contribution >= 0.6 is 0 Å². The van der Waals surface area contributed by atoms with Gasteiger partial charge in [-0.3, -0.25) is 0 Å². The SMILES string of the molecule is CCCCC(C)Nc1cc(OCC)ccc1OCC. The van der Waals surface area contributed by atoms with Gasteiger partial charge in [0.15, 0.2) is 0 Å². The molecule has 0 amide bonds. The van der Waals surface area contributed by atoms with Crippen LogP contribution in [0.2, 0.25) is 0 Å². The van der Waals surface area contributed by atoms with Crippen LogP contribution in [0, 0.1) is 0 Å². The van der Waals surface area contributed by atoms with Crippen molar-refractivity contribution >= 4 is 5.69 Å². The summed E-state index contributed by atoms with van der Waals surface area (Å²) in [6.45, 7) is 9.77. The Morgan fingerprint density at radius 2 is 1.84 bits per heavy atom. The van der Waals surface area contributed by atoms with Crippen molar-refractivity contribution in [3.63, 3.8) is 0 Å². The van der Waals surface area contributed by atoms with Gasteiger partial charge in [0.05, 0.1) is 18.9 Å². The number of benzene rings is 1. The van der Waals surface area contributed by atoms with Gasteiger partial charge in [-0.05, 0) is 39.3 Å². The van der Waals surface area contributed by atoms with Crippen molar-refractivity contribution < 1.29 is 9.47 Å². The lowest BCUT2D eigenvalue weighted by Crippen LogP contribution is -2.15. The van der Waals surface area contributed by atoms with Gasteiger partial charge in [0, 0.05) is 12.1 Å². The van der Waals surface area contributed by atoms with Gasteiger partial charge in [-0.15, -0.1) is 0 Å². The lowest BCUT2D eigenvalue weighted by atomic mass is 10.1. The molecule has 1 rings (SSSR count). The third kappa shape index (κ3) is 5.41. The molecular formula is C16H27NO2. The molecule has 0 fully saturated rings. The molecule has 108 valence electrons. The minimum absolute atomic E-state index is 0.441. The summed E-state index contributed by atoms with van der Waals surface area (Å²) < 4.78 is 11.2. The highest BCUT2D eigenvalue weighted by atomic mass is 16.5. The molecular weight excluding hydrogens is 238 g/mol. The largest absolute Gasteiger partial charge is 0.494 e. The minimum Gasteiger partial charge on any atom is -0.494 e. The van der Waals surface area contributed by atoms with Crippen LogP contribution in [0.5, 0.6) is 11.5 Å². The first-order chi connectivity index (χ1) is 9.21. The van der Waals surface area contributed by atoms with E-state index in [4.69, 9.17) is 9.47 Å². The van der Waals surface area contributed by atoms with Crippen LogP contribution in [-0.2, 0) is 0 Å². The lowest BCUT2D eigenvalue weighted by molar-refractivity contribution is 0.331. The normalized spacial score (nSPS) is 12.0. The standard InChI is InChI=1S/C16H27NO2/c1-5-8-9-13(4)17-15-12-14(18-6-2)10-11-16(15)19-7-3/h10-13,17H,5-9H2,1-4H3. The lowest BCUT2D eigenvalue weighted by Gasteiger charge is -2.19. The smallest absolute Gasteiger partial charge is 0.142 e. The van der Waals surface area contributed by atoms with E-state index >= 15 is 0 Å². The highest BCUT2D eigenvalue weighted by molar-refractivity contribution is 5.60. The van der Waals surface area contributed by atoms with E-state index in [0.717, 1.165) is 17.2 Å². The molecule has 0 aliphatic carbocycles. The quantitative estimate of drug-likeness (QED) is 0.714. The predicted molar refractivity (Wildman–Crippen MR) is 81.4 cm³/mol. The Labute approximate surface area is 117 Å². The Kier molecular flexibility index (Phi) is 7.16. The van der Waals surface area contributed by atoms with Gasteiger partial charge in [-0.2, -0.15) is 0 Å². The van der Waals surface area contributed by atoms with Crippen LogP contribution in [0.4, 0.5) is 5.69 Å². The topological polar surface area (TPSA) is 30.5 Å². The molecule has 3 heteroatoms. The third-order valence-corrected chi connectivity index (χ3v) is 2.95. The van der Waals surface area contributed by atoms with Gasteiger partial charge in [-0.1, -0.05) is 19.8 Å². The molecule has 1 unspecified atom stereocenters. The highest BCUT2D eigenvalue weighted by Gasteiger charge is 2.09. The van der Waals surface area contributed by atoms with Gasteiger partial charge in [0.25, 0.3) is 0 Å². The second-order valence-corrected chi connectivity index (χ2v) is 4.71. The molecule has 0 spiro atoms. The van der Waals surface area contributed by atoms with Crippen LogP contribution < -0.4 is 14.8 Å². The second-order valence-electron chi connectivity index (χ2n) is 4.71. The Bertz CT molecular complexity index is 366. The molecule has 1 aromatic rings.